The van der Waals surface area contributed by atoms with Crippen molar-refractivity contribution in [1.82, 2.24) is 9.55 Å². The van der Waals surface area contributed by atoms with Crippen LogP contribution in [0.2, 0.25) is 0 Å². The van der Waals surface area contributed by atoms with E-state index in [0.29, 0.717) is 0 Å². The zero-order valence-electron chi connectivity index (χ0n) is 14.0. The molecule has 0 radical (unpaired) electrons. The summed E-state index contributed by atoms with van der Waals surface area (Å²) in [7, 11) is 1.68. The lowest BCUT2D eigenvalue weighted by Gasteiger charge is -2.08. The lowest BCUT2D eigenvalue weighted by molar-refractivity contribution is 0.415. The maximum absolute atomic E-state index is 5.27. The maximum atomic E-state index is 5.27. The first kappa shape index (κ1) is 15.2. The molecule has 0 spiro atoms. The average Bonchev–Trinajstić information content (AvgIpc) is 3.15. The molecule has 0 aliphatic heterocycles. The van der Waals surface area contributed by atoms with Gasteiger partial charge in [0.25, 0.3) is 0 Å². The highest BCUT2D eigenvalue weighted by atomic mass is 16.5. The van der Waals surface area contributed by atoms with E-state index in [-0.39, 0.29) is 0 Å². The van der Waals surface area contributed by atoms with Gasteiger partial charge in [-0.3, -0.25) is 4.57 Å². The SMILES string of the molecule is COc1ccc(-n2cc(-c3ccccc3)nc2-c2ccccc2)cc1. The molecule has 0 unspecified atom stereocenters. The van der Waals surface area contributed by atoms with Crippen LogP contribution < -0.4 is 4.74 Å². The Morgan fingerprint density at radius 2 is 1.32 bits per heavy atom. The van der Waals surface area contributed by atoms with Gasteiger partial charge in [-0.1, -0.05) is 60.7 Å². The minimum atomic E-state index is 0.841. The molecule has 0 aliphatic carbocycles. The molecule has 0 fully saturated rings. The molecule has 1 aromatic heterocycles. The van der Waals surface area contributed by atoms with Crippen LogP contribution in [0.5, 0.6) is 5.75 Å². The van der Waals surface area contributed by atoms with Crippen LogP contribution >= 0.6 is 0 Å². The van der Waals surface area contributed by atoms with Crippen LogP contribution in [0.3, 0.4) is 0 Å². The Bertz CT molecular complexity index is 958. The molecule has 3 heteroatoms. The zero-order valence-corrected chi connectivity index (χ0v) is 14.0. The van der Waals surface area contributed by atoms with Crippen LogP contribution in [0.25, 0.3) is 28.3 Å². The molecule has 0 amide bonds. The van der Waals surface area contributed by atoms with Gasteiger partial charge in [0.15, 0.2) is 0 Å². The van der Waals surface area contributed by atoms with Crippen LogP contribution in [-0.4, -0.2) is 16.7 Å². The molecule has 0 saturated carbocycles. The minimum absolute atomic E-state index is 0.841. The van der Waals surface area contributed by atoms with Gasteiger partial charge in [0.1, 0.15) is 11.6 Å². The number of rotatable bonds is 4. The minimum Gasteiger partial charge on any atom is -0.497 e. The number of benzene rings is 3. The monoisotopic (exact) mass is 326 g/mol. The Kier molecular flexibility index (Phi) is 4.05. The highest BCUT2D eigenvalue weighted by Crippen LogP contribution is 2.28. The molecule has 4 rings (SSSR count). The number of hydrogen-bond donors (Lipinski definition) is 0. The van der Waals surface area contributed by atoms with E-state index in [0.717, 1.165) is 34.1 Å². The summed E-state index contributed by atoms with van der Waals surface area (Å²) in [4.78, 5) is 4.90. The largest absolute Gasteiger partial charge is 0.497 e. The van der Waals surface area contributed by atoms with Crippen LogP contribution in [0.1, 0.15) is 0 Å². The van der Waals surface area contributed by atoms with E-state index >= 15 is 0 Å². The van der Waals surface area contributed by atoms with E-state index in [1.807, 2.05) is 60.7 Å². The summed E-state index contributed by atoms with van der Waals surface area (Å²) in [6.07, 6.45) is 2.08. The smallest absolute Gasteiger partial charge is 0.145 e. The van der Waals surface area contributed by atoms with Crippen LogP contribution in [0, 0.1) is 0 Å². The summed E-state index contributed by atoms with van der Waals surface area (Å²) in [6.45, 7) is 0. The number of ether oxygens (including phenoxy) is 1. The molecule has 0 N–H and O–H groups in total. The van der Waals surface area contributed by atoms with E-state index in [1.165, 1.54) is 0 Å². The number of imidazole rings is 1. The van der Waals surface area contributed by atoms with Crippen molar-refractivity contribution >= 4 is 0 Å². The second kappa shape index (κ2) is 6.65. The Balaban J connectivity index is 1.87. The van der Waals surface area contributed by atoms with Crippen molar-refractivity contribution in [2.45, 2.75) is 0 Å². The van der Waals surface area contributed by atoms with Crippen molar-refractivity contribution in [2.24, 2.45) is 0 Å². The molecule has 122 valence electrons. The van der Waals surface area contributed by atoms with Crippen molar-refractivity contribution in [2.75, 3.05) is 7.11 Å². The molecule has 3 nitrogen and oxygen atoms in total. The van der Waals surface area contributed by atoms with Gasteiger partial charge in [0.2, 0.25) is 0 Å². The van der Waals surface area contributed by atoms with Crippen LogP contribution in [0.4, 0.5) is 0 Å². The van der Waals surface area contributed by atoms with Gasteiger partial charge in [-0.05, 0) is 24.3 Å². The van der Waals surface area contributed by atoms with E-state index in [9.17, 15) is 0 Å². The molecular formula is C22H18N2O. The summed E-state index contributed by atoms with van der Waals surface area (Å²) in [5.74, 6) is 1.76. The first-order valence-electron chi connectivity index (χ1n) is 8.20. The summed E-state index contributed by atoms with van der Waals surface area (Å²) >= 11 is 0. The van der Waals surface area contributed by atoms with Gasteiger partial charge in [-0.25, -0.2) is 4.98 Å². The molecule has 0 atom stereocenters. The third-order valence-corrected chi connectivity index (χ3v) is 4.16. The van der Waals surface area contributed by atoms with Crippen molar-refractivity contribution in [3.63, 3.8) is 0 Å². The van der Waals surface area contributed by atoms with E-state index in [4.69, 9.17) is 9.72 Å². The molecular weight excluding hydrogens is 308 g/mol. The van der Waals surface area contributed by atoms with Gasteiger partial charge in [-0.15, -0.1) is 0 Å². The lowest BCUT2D eigenvalue weighted by Crippen LogP contribution is -1.96. The van der Waals surface area contributed by atoms with E-state index in [1.54, 1.807) is 7.11 Å². The van der Waals surface area contributed by atoms with Gasteiger partial charge >= 0.3 is 0 Å². The molecule has 0 saturated heterocycles. The van der Waals surface area contributed by atoms with Crippen molar-refractivity contribution in [1.29, 1.82) is 0 Å². The Morgan fingerprint density at radius 3 is 1.92 bits per heavy atom. The average molecular weight is 326 g/mol. The fourth-order valence-electron chi connectivity index (χ4n) is 2.86. The summed E-state index contributed by atoms with van der Waals surface area (Å²) in [6, 6.07) is 28.5. The van der Waals surface area contributed by atoms with Crippen LogP contribution in [-0.2, 0) is 0 Å². The third-order valence-electron chi connectivity index (χ3n) is 4.16. The highest BCUT2D eigenvalue weighted by molar-refractivity contribution is 5.67. The second-order valence-corrected chi connectivity index (χ2v) is 5.75. The molecule has 3 aromatic carbocycles. The quantitative estimate of drug-likeness (QED) is 0.514. The fraction of sp³-hybridized carbons (Fsp3) is 0.0455. The van der Waals surface area contributed by atoms with Gasteiger partial charge in [-0.2, -0.15) is 0 Å². The predicted molar refractivity (Wildman–Crippen MR) is 101 cm³/mol. The van der Waals surface area contributed by atoms with Crippen molar-refractivity contribution in [3.05, 3.63) is 91.1 Å². The van der Waals surface area contributed by atoms with E-state index < -0.39 is 0 Å². The molecule has 4 aromatic rings. The molecule has 0 bridgehead atoms. The van der Waals surface area contributed by atoms with Crippen molar-refractivity contribution in [3.8, 4) is 34.1 Å². The fourth-order valence-corrected chi connectivity index (χ4v) is 2.86. The van der Waals surface area contributed by atoms with Crippen LogP contribution in [0.15, 0.2) is 91.1 Å². The summed E-state index contributed by atoms with van der Waals surface area (Å²) < 4.78 is 7.39. The van der Waals surface area contributed by atoms with E-state index in [2.05, 4.69) is 35.0 Å². The zero-order chi connectivity index (χ0) is 17.1. The standard InChI is InChI=1S/C22H18N2O/c1-25-20-14-12-19(13-15-20)24-16-21(17-8-4-2-5-9-17)23-22(24)18-10-6-3-7-11-18/h2-16H,1H3. The topological polar surface area (TPSA) is 27.1 Å². The third kappa shape index (κ3) is 3.04. The number of methoxy groups -OCH3 is 1. The molecule has 0 aliphatic rings. The second-order valence-electron chi connectivity index (χ2n) is 5.75. The first-order valence-corrected chi connectivity index (χ1v) is 8.20. The molecule has 1 heterocycles. The number of hydrogen-bond acceptors (Lipinski definition) is 2. The van der Waals surface area contributed by atoms with Crippen molar-refractivity contribution < 1.29 is 4.74 Å². The number of aromatic nitrogens is 2. The molecule has 25 heavy (non-hydrogen) atoms. The normalized spacial score (nSPS) is 10.6. The first-order chi connectivity index (χ1) is 12.3. The van der Waals surface area contributed by atoms with Gasteiger partial charge in [0.05, 0.1) is 12.8 Å². The Hall–Kier alpha value is -3.33. The summed E-state index contributed by atoms with van der Waals surface area (Å²) in [5, 5.41) is 0. The van der Waals surface area contributed by atoms with Gasteiger partial charge < -0.3 is 4.74 Å². The highest BCUT2D eigenvalue weighted by Gasteiger charge is 2.13. The Morgan fingerprint density at radius 1 is 0.720 bits per heavy atom. The Labute approximate surface area is 147 Å². The predicted octanol–water partition coefficient (Wildman–Crippen LogP) is 5.21. The lowest BCUT2D eigenvalue weighted by atomic mass is 10.2. The number of nitrogens with zero attached hydrogens (tertiary/aromatic N) is 2. The van der Waals surface area contributed by atoms with Gasteiger partial charge in [0, 0.05) is 23.0 Å². The summed E-state index contributed by atoms with van der Waals surface area (Å²) in [5.41, 5.74) is 4.19. The maximum Gasteiger partial charge on any atom is 0.145 e.